The highest BCUT2D eigenvalue weighted by molar-refractivity contribution is 7.99. The van der Waals surface area contributed by atoms with Gasteiger partial charge in [-0.25, -0.2) is 9.18 Å². The number of carboxylic acid groups (broad SMARTS) is 1. The Morgan fingerprint density at radius 1 is 1.45 bits per heavy atom. The maximum atomic E-state index is 13.6. The molecular formula is C13H14FNO4S. The van der Waals surface area contributed by atoms with Crippen molar-refractivity contribution in [3.63, 3.8) is 0 Å². The minimum absolute atomic E-state index is 0.199. The van der Waals surface area contributed by atoms with Crippen LogP contribution in [0.5, 0.6) is 0 Å². The second kappa shape index (κ2) is 6.21. The van der Waals surface area contributed by atoms with Crippen molar-refractivity contribution in [2.24, 2.45) is 5.92 Å². The SMILES string of the molecule is O=C(O)c1cc([N+](=O)[O-])c(SCC2CCCC2)cc1F. The Bertz CT molecular complexity index is 543. The maximum Gasteiger partial charge on any atom is 0.338 e. The van der Waals surface area contributed by atoms with E-state index in [1.807, 2.05) is 0 Å². The molecule has 1 aliphatic rings. The van der Waals surface area contributed by atoms with Crippen LogP contribution in [0.1, 0.15) is 36.0 Å². The second-order valence-electron chi connectivity index (χ2n) is 4.82. The maximum absolute atomic E-state index is 13.6. The first-order valence-corrected chi connectivity index (χ1v) is 7.31. The van der Waals surface area contributed by atoms with Gasteiger partial charge in [-0.1, -0.05) is 12.8 Å². The number of carbonyl (C=O) groups is 1. The molecule has 20 heavy (non-hydrogen) atoms. The molecule has 0 bridgehead atoms. The quantitative estimate of drug-likeness (QED) is 0.509. The Balaban J connectivity index is 2.23. The highest BCUT2D eigenvalue weighted by Crippen LogP contribution is 2.36. The summed E-state index contributed by atoms with van der Waals surface area (Å²) in [6.07, 6.45) is 4.52. The third-order valence-electron chi connectivity index (χ3n) is 3.43. The molecule has 1 aliphatic carbocycles. The summed E-state index contributed by atoms with van der Waals surface area (Å²) in [5, 5.41) is 19.8. The van der Waals surface area contributed by atoms with Gasteiger partial charge in [0.15, 0.2) is 0 Å². The Hall–Kier alpha value is -1.63. The Morgan fingerprint density at radius 3 is 2.65 bits per heavy atom. The molecule has 0 aliphatic heterocycles. The number of hydrogen-bond donors (Lipinski definition) is 1. The van der Waals surface area contributed by atoms with Crippen LogP contribution < -0.4 is 0 Å². The lowest BCUT2D eigenvalue weighted by molar-refractivity contribution is -0.387. The molecule has 0 spiro atoms. The van der Waals surface area contributed by atoms with Crippen molar-refractivity contribution < 1.29 is 19.2 Å². The number of hydrogen-bond acceptors (Lipinski definition) is 4. The Labute approximate surface area is 119 Å². The topological polar surface area (TPSA) is 80.4 Å². The van der Waals surface area contributed by atoms with E-state index in [0.29, 0.717) is 11.7 Å². The van der Waals surface area contributed by atoms with Crippen molar-refractivity contribution >= 4 is 23.4 Å². The number of rotatable bonds is 5. The van der Waals surface area contributed by atoms with Crippen LogP contribution in [-0.2, 0) is 0 Å². The van der Waals surface area contributed by atoms with Gasteiger partial charge in [0.2, 0.25) is 0 Å². The zero-order valence-electron chi connectivity index (χ0n) is 10.7. The predicted octanol–water partition coefficient (Wildman–Crippen LogP) is 3.71. The van der Waals surface area contributed by atoms with Crippen LogP contribution in [-0.4, -0.2) is 21.8 Å². The first kappa shape index (κ1) is 14.8. The minimum atomic E-state index is -1.50. The van der Waals surface area contributed by atoms with E-state index in [1.165, 1.54) is 24.6 Å². The molecule has 0 atom stereocenters. The van der Waals surface area contributed by atoms with E-state index >= 15 is 0 Å². The average molecular weight is 299 g/mol. The number of nitrogens with zero attached hydrogens (tertiary/aromatic N) is 1. The smallest absolute Gasteiger partial charge is 0.338 e. The first-order chi connectivity index (χ1) is 9.49. The lowest BCUT2D eigenvalue weighted by atomic mass is 10.1. The van der Waals surface area contributed by atoms with Gasteiger partial charge in [-0.05, 0) is 24.8 Å². The highest BCUT2D eigenvalue weighted by Gasteiger charge is 2.23. The van der Waals surface area contributed by atoms with Gasteiger partial charge < -0.3 is 5.11 Å². The van der Waals surface area contributed by atoms with E-state index in [2.05, 4.69) is 0 Å². The number of nitro groups is 1. The minimum Gasteiger partial charge on any atom is -0.478 e. The van der Waals surface area contributed by atoms with Crippen molar-refractivity contribution in [3.05, 3.63) is 33.6 Å². The third-order valence-corrected chi connectivity index (χ3v) is 4.70. The van der Waals surface area contributed by atoms with Gasteiger partial charge in [0.25, 0.3) is 5.69 Å². The fourth-order valence-corrected chi connectivity index (χ4v) is 3.57. The van der Waals surface area contributed by atoms with Crippen LogP contribution in [0.2, 0.25) is 0 Å². The molecule has 0 amide bonds. The molecule has 1 N–H and O–H groups in total. The molecule has 2 rings (SSSR count). The summed E-state index contributed by atoms with van der Waals surface area (Å²) in [5.41, 5.74) is -1.01. The largest absolute Gasteiger partial charge is 0.478 e. The lowest BCUT2D eigenvalue weighted by Gasteiger charge is -2.09. The van der Waals surface area contributed by atoms with Gasteiger partial charge in [-0.3, -0.25) is 10.1 Å². The van der Waals surface area contributed by atoms with Gasteiger partial charge in [-0.2, -0.15) is 0 Å². The zero-order valence-corrected chi connectivity index (χ0v) is 11.5. The van der Waals surface area contributed by atoms with Crippen molar-refractivity contribution in [3.8, 4) is 0 Å². The number of carboxylic acids is 1. The standard InChI is InChI=1S/C13H14FNO4S/c14-10-6-12(20-7-8-3-1-2-4-8)11(15(18)19)5-9(10)13(16)17/h5-6,8H,1-4,7H2,(H,16,17). The third kappa shape index (κ3) is 3.27. The Morgan fingerprint density at radius 2 is 2.10 bits per heavy atom. The molecule has 7 heteroatoms. The van der Waals surface area contributed by atoms with E-state index in [0.717, 1.165) is 25.0 Å². The van der Waals surface area contributed by atoms with Crippen molar-refractivity contribution in [1.82, 2.24) is 0 Å². The van der Waals surface area contributed by atoms with Crippen LogP contribution in [0.3, 0.4) is 0 Å². The van der Waals surface area contributed by atoms with Gasteiger partial charge in [0.1, 0.15) is 11.4 Å². The van der Waals surface area contributed by atoms with Crippen molar-refractivity contribution in [1.29, 1.82) is 0 Å². The fraction of sp³-hybridized carbons (Fsp3) is 0.462. The van der Waals surface area contributed by atoms with E-state index in [9.17, 15) is 19.3 Å². The van der Waals surface area contributed by atoms with Crippen molar-refractivity contribution in [2.75, 3.05) is 5.75 Å². The van der Waals surface area contributed by atoms with E-state index in [1.54, 1.807) is 0 Å². The monoisotopic (exact) mass is 299 g/mol. The molecule has 1 saturated carbocycles. The number of benzene rings is 1. The predicted molar refractivity (Wildman–Crippen MR) is 72.7 cm³/mol. The highest BCUT2D eigenvalue weighted by atomic mass is 32.2. The van der Waals surface area contributed by atoms with Gasteiger partial charge in [0, 0.05) is 11.8 Å². The Kier molecular flexibility index (Phi) is 4.59. The summed E-state index contributed by atoms with van der Waals surface area (Å²) < 4.78 is 13.6. The van der Waals surface area contributed by atoms with Crippen LogP contribution in [0.15, 0.2) is 17.0 Å². The van der Waals surface area contributed by atoms with E-state index in [4.69, 9.17) is 5.11 Å². The molecule has 0 radical (unpaired) electrons. The van der Waals surface area contributed by atoms with Crippen molar-refractivity contribution in [2.45, 2.75) is 30.6 Å². The molecular weight excluding hydrogens is 285 g/mol. The van der Waals surface area contributed by atoms with Gasteiger partial charge >= 0.3 is 5.97 Å². The number of nitro benzene ring substituents is 1. The van der Waals surface area contributed by atoms with E-state index < -0.39 is 22.3 Å². The molecule has 1 fully saturated rings. The normalized spacial score (nSPS) is 15.4. The molecule has 0 unspecified atom stereocenters. The summed E-state index contributed by atoms with van der Waals surface area (Å²) in [5.74, 6) is -1.23. The number of aromatic carboxylic acids is 1. The summed E-state index contributed by atoms with van der Waals surface area (Å²) in [7, 11) is 0. The summed E-state index contributed by atoms with van der Waals surface area (Å²) >= 11 is 1.23. The van der Waals surface area contributed by atoms with Crippen LogP contribution >= 0.6 is 11.8 Å². The first-order valence-electron chi connectivity index (χ1n) is 6.33. The van der Waals surface area contributed by atoms with E-state index in [-0.39, 0.29) is 10.6 Å². The number of thioether (sulfide) groups is 1. The number of halogens is 1. The summed E-state index contributed by atoms with van der Waals surface area (Å²) in [6, 6.07) is 1.76. The zero-order chi connectivity index (χ0) is 14.7. The molecule has 1 aromatic rings. The summed E-state index contributed by atoms with van der Waals surface area (Å²) in [6.45, 7) is 0. The van der Waals surface area contributed by atoms with Crippen LogP contribution in [0.4, 0.5) is 10.1 Å². The van der Waals surface area contributed by atoms with Gasteiger partial charge in [0.05, 0.1) is 9.82 Å². The summed E-state index contributed by atoms with van der Waals surface area (Å²) in [4.78, 5) is 21.3. The van der Waals surface area contributed by atoms with Crippen LogP contribution in [0.25, 0.3) is 0 Å². The molecule has 0 aromatic heterocycles. The molecule has 0 heterocycles. The molecule has 5 nitrogen and oxygen atoms in total. The fourth-order valence-electron chi connectivity index (χ4n) is 2.35. The molecule has 108 valence electrons. The second-order valence-corrected chi connectivity index (χ2v) is 5.89. The lowest BCUT2D eigenvalue weighted by Crippen LogP contribution is -2.04. The van der Waals surface area contributed by atoms with Crippen LogP contribution in [0, 0.1) is 21.8 Å². The van der Waals surface area contributed by atoms with Gasteiger partial charge in [-0.15, -0.1) is 11.8 Å². The molecule has 0 saturated heterocycles. The average Bonchev–Trinajstić information content (AvgIpc) is 2.88. The molecule has 1 aromatic carbocycles.